The molecule has 0 atom stereocenters. The number of urea groups is 1. The van der Waals surface area contributed by atoms with Crippen LogP contribution in [0.25, 0.3) is 0 Å². The van der Waals surface area contributed by atoms with E-state index in [1.165, 1.54) is 0 Å². The van der Waals surface area contributed by atoms with Crippen LogP contribution in [0.5, 0.6) is 11.5 Å². The van der Waals surface area contributed by atoms with E-state index in [1.54, 1.807) is 42.5 Å². The third-order valence-electron chi connectivity index (χ3n) is 3.08. The van der Waals surface area contributed by atoms with E-state index < -0.39 is 16.1 Å². The van der Waals surface area contributed by atoms with Gasteiger partial charge in [-0.2, -0.15) is 0 Å². The summed E-state index contributed by atoms with van der Waals surface area (Å²) >= 11 is 0. The van der Waals surface area contributed by atoms with Gasteiger partial charge >= 0.3 is 6.03 Å². The first-order chi connectivity index (χ1) is 11.4. The van der Waals surface area contributed by atoms with Crippen molar-refractivity contribution in [1.82, 2.24) is 0 Å². The maximum Gasteiger partial charge on any atom is 0.323 e. The number of ether oxygens (including phenoxy) is 2. The molecule has 3 N–H and O–H groups in total. The lowest BCUT2D eigenvalue weighted by molar-refractivity contribution is 0.174. The number of rotatable bonds is 4. The highest BCUT2D eigenvalue weighted by Gasteiger charge is 2.14. The molecule has 0 bridgehead atoms. The van der Waals surface area contributed by atoms with Crippen molar-refractivity contribution in [2.75, 3.05) is 28.4 Å². The number of amides is 2. The average Bonchev–Trinajstić information content (AvgIpc) is 2.95. The van der Waals surface area contributed by atoms with Crippen molar-refractivity contribution < 1.29 is 22.7 Å². The first-order valence-electron chi connectivity index (χ1n) is 6.94. The highest BCUT2D eigenvalue weighted by Crippen LogP contribution is 2.34. The zero-order valence-electron chi connectivity index (χ0n) is 12.7. The molecule has 126 valence electrons. The lowest BCUT2D eigenvalue weighted by Gasteiger charge is -2.09. The van der Waals surface area contributed by atoms with E-state index in [9.17, 15) is 13.2 Å². The molecule has 9 heteroatoms. The zero-order valence-corrected chi connectivity index (χ0v) is 13.5. The number of benzene rings is 2. The van der Waals surface area contributed by atoms with Crippen molar-refractivity contribution in [3.8, 4) is 11.5 Å². The van der Waals surface area contributed by atoms with Gasteiger partial charge < -0.3 is 20.1 Å². The lowest BCUT2D eigenvalue weighted by Crippen LogP contribution is -2.19. The molecular formula is C15H15N3O5S. The summed E-state index contributed by atoms with van der Waals surface area (Å²) < 4.78 is 35.1. The molecular weight excluding hydrogens is 334 g/mol. The number of nitrogens with one attached hydrogen (secondary N) is 3. The van der Waals surface area contributed by atoms with Crippen LogP contribution in [0.2, 0.25) is 0 Å². The van der Waals surface area contributed by atoms with Crippen molar-refractivity contribution in [1.29, 1.82) is 0 Å². The Balaban J connectivity index is 1.60. The molecule has 8 nitrogen and oxygen atoms in total. The number of fused-ring (bicyclic) bond motifs is 1. The second kappa shape index (κ2) is 6.28. The summed E-state index contributed by atoms with van der Waals surface area (Å²) in [6.45, 7) is 0.166. The van der Waals surface area contributed by atoms with Gasteiger partial charge in [-0.05, 0) is 36.4 Å². The zero-order chi connectivity index (χ0) is 17.2. The molecule has 0 saturated heterocycles. The minimum Gasteiger partial charge on any atom is -0.454 e. The van der Waals surface area contributed by atoms with Crippen molar-refractivity contribution >= 4 is 33.1 Å². The van der Waals surface area contributed by atoms with Crippen LogP contribution in [0.1, 0.15) is 0 Å². The quantitative estimate of drug-likeness (QED) is 0.786. The summed E-state index contributed by atoms with van der Waals surface area (Å²) in [6.07, 6.45) is 1.07. The Kier molecular flexibility index (Phi) is 4.17. The Morgan fingerprint density at radius 3 is 2.21 bits per heavy atom. The van der Waals surface area contributed by atoms with Gasteiger partial charge in [-0.25, -0.2) is 13.2 Å². The van der Waals surface area contributed by atoms with E-state index >= 15 is 0 Å². The molecule has 0 fully saturated rings. The average molecular weight is 349 g/mol. The van der Waals surface area contributed by atoms with Crippen LogP contribution in [-0.4, -0.2) is 27.5 Å². The number of carbonyl (C=O) groups excluding carboxylic acids is 1. The van der Waals surface area contributed by atoms with Crippen molar-refractivity contribution in [3.05, 3.63) is 42.5 Å². The van der Waals surface area contributed by atoms with Gasteiger partial charge in [0.25, 0.3) is 0 Å². The first-order valence-corrected chi connectivity index (χ1v) is 8.84. The second-order valence-electron chi connectivity index (χ2n) is 5.10. The van der Waals surface area contributed by atoms with E-state index in [2.05, 4.69) is 15.4 Å². The van der Waals surface area contributed by atoms with E-state index in [0.29, 0.717) is 28.6 Å². The predicted octanol–water partition coefficient (Wildman–Crippen LogP) is 2.43. The number of hydrogen-bond donors (Lipinski definition) is 3. The second-order valence-corrected chi connectivity index (χ2v) is 6.85. The highest BCUT2D eigenvalue weighted by atomic mass is 32.2. The summed E-state index contributed by atoms with van der Waals surface area (Å²) in [6, 6.07) is 10.9. The van der Waals surface area contributed by atoms with Crippen LogP contribution in [0, 0.1) is 0 Å². The molecule has 1 aliphatic heterocycles. The summed E-state index contributed by atoms with van der Waals surface area (Å²) in [5.41, 5.74) is 1.50. The summed E-state index contributed by atoms with van der Waals surface area (Å²) in [5.74, 6) is 1.21. The Morgan fingerprint density at radius 2 is 1.50 bits per heavy atom. The summed E-state index contributed by atoms with van der Waals surface area (Å²) in [5, 5.41) is 5.32. The molecule has 0 aromatic heterocycles. The number of hydrogen-bond acceptors (Lipinski definition) is 5. The maximum atomic E-state index is 12.0. The number of carbonyl (C=O) groups is 1. The molecule has 2 amide bonds. The molecule has 0 saturated carbocycles. The molecule has 3 rings (SSSR count). The van der Waals surface area contributed by atoms with Crippen LogP contribution >= 0.6 is 0 Å². The fourth-order valence-electron chi connectivity index (χ4n) is 2.10. The monoisotopic (exact) mass is 349 g/mol. The Morgan fingerprint density at radius 1 is 0.917 bits per heavy atom. The number of sulfonamides is 1. The lowest BCUT2D eigenvalue weighted by atomic mass is 10.3. The van der Waals surface area contributed by atoms with Gasteiger partial charge in [-0.15, -0.1) is 0 Å². The normalized spacial score (nSPS) is 12.5. The van der Waals surface area contributed by atoms with Gasteiger partial charge in [0.15, 0.2) is 11.5 Å². The fraction of sp³-hybridized carbons (Fsp3) is 0.133. The van der Waals surface area contributed by atoms with Crippen LogP contribution in [0.4, 0.5) is 21.9 Å². The van der Waals surface area contributed by atoms with Crippen LogP contribution in [-0.2, 0) is 10.0 Å². The molecule has 1 aliphatic rings. The predicted molar refractivity (Wildman–Crippen MR) is 90.1 cm³/mol. The van der Waals surface area contributed by atoms with E-state index in [1.807, 2.05) is 0 Å². The molecule has 0 aliphatic carbocycles. The molecule has 0 unspecified atom stereocenters. The van der Waals surface area contributed by atoms with Crippen molar-refractivity contribution in [3.63, 3.8) is 0 Å². The summed E-state index contributed by atoms with van der Waals surface area (Å²) in [4.78, 5) is 12.0. The van der Waals surface area contributed by atoms with Gasteiger partial charge in [0.1, 0.15) is 0 Å². The largest absolute Gasteiger partial charge is 0.454 e. The van der Waals surface area contributed by atoms with E-state index in [0.717, 1.165) is 6.26 Å². The van der Waals surface area contributed by atoms with Gasteiger partial charge in [-0.3, -0.25) is 4.72 Å². The van der Waals surface area contributed by atoms with Crippen LogP contribution in [0.3, 0.4) is 0 Å². The third-order valence-corrected chi connectivity index (χ3v) is 3.68. The van der Waals surface area contributed by atoms with Crippen LogP contribution in [0.15, 0.2) is 42.5 Å². The van der Waals surface area contributed by atoms with Gasteiger partial charge in [0, 0.05) is 23.1 Å². The minimum absolute atomic E-state index is 0.166. The highest BCUT2D eigenvalue weighted by molar-refractivity contribution is 7.92. The standard InChI is InChI=1S/C15H15N3O5S/c1-24(20,21)18-11-4-2-10(3-5-11)16-15(19)17-12-6-7-13-14(8-12)23-9-22-13/h2-8,18H,9H2,1H3,(H2,16,17,19). The minimum atomic E-state index is -3.33. The Bertz CT molecular complexity index is 865. The fourth-order valence-corrected chi connectivity index (χ4v) is 2.67. The molecule has 24 heavy (non-hydrogen) atoms. The molecule has 0 radical (unpaired) electrons. The van der Waals surface area contributed by atoms with Crippen LogP contribution < -0.4 is 24.8 Å². The Labute approximate surface area is 138 Å². The van der Waals surface area contributed by atoms with Crippen molar-refractivity contribution in [2.24, 2.45) is 0 Å². The first kappa shape index (κ1) is 15.9. The maximum absolute atomic E-state index is 12.0. The topological polar surface area (TPSA) is 106 Å². The third kappa shape index (κ3) is 4.07. The van der Waals surface area contributed by atoms with E-state index in [4.69, 9.17) is 9.47 Å². The molecule has 0 spiro atoms. The van der Waals surface area contributed by atoms with Gasteiger partial charge in [0.05, 0.1) is 6.26 Å². The van der Waals surface area contributed by atoms with Gasteiger partial charge in [-0.1, -0.05) is 0 Å². The molecule has 2 aromatic carbocycles. The van der Waals surface area contributed by atoms with Gasteiger partial charge in [0.2, 0.25) is 16.8 Å². The Hall–Kier alpha value is -2.94. The van der Waals surface area contributed by atoms with E-state index in [-0.39, 0.29) is 6.79 Å². The smallest absolute Gasteiger partial charge is 0.323 e. The molecule has 2 aromatic rings. The number of anilines is 3. The summed E-state index contributed by atoms with van der Waals surface area (Å²) in [7, 11) is -3.33. The molecule has 1 heterocycles. The van der Waals surface area contributed by atoms with Crippen molar-refractivity contribution in [2.45, 2.75) is 0 Å². The SMILES string of the molecule is CS(=O)(=O)Nc1ccc(NC(=O)Nc2ccc3c(c2)OCO3)cc1.